The van der Waals surface area contributed by atoms with E-state index in [-0.39, 0.29) is 17.9 Å². The number of hydrogen-bond acceptors (Lipinski definition) is 5. The fraction of sp³-hybridized carbons (Fsp3) is 0.733. The van der Waals surface area contributed by atoms with Gasteiger partial charge in [0.15, 0.2) is 0 Å². The van der Waals surface area contributed by atoms with Gasteiger partial charge in [0.25, 0.3) is 0 Å². The number of hydrogen-bond donors (Lipinski definition) is 1. The van der Waals surface area contributed by atoms with Crippen LogP contribution >= 0.6 is 11.3 Å². The van der Waals surface area contributed by atoms with Crippen molar-refractivity contribution >= 4 is 28.4 Å². The highest BCUT2D eigenvalue weighted by atomic mass is 32.1. The molecule has 23 heavy (non-hydrogen) atoms. The molecule has 1 N–H and O–H groups in total. The summed E-state index contributed by atoms with van der Waals surface area (Å²) in [7, 11) is 3.45. The standard InChI is InChI=1S/C15H25N5O2S/c1-10(2)8-12-17-18-14(23-12)16-13(21)11-6-5-7-20(9-11)15(22)19(3)4/h10-11H,5-9H2,1-4H3,(H,16,18,21). The monoisotopic (exact) mass is 339 g/mol. The Morgan fingerprint density at radius 3 is 2.78 bits per heavy atom. The number of rotatable bonds is 4. The molecule has 7 nitrogen and oxygen atoms in total. The van der Waals surface area contributed by atoms with Gasteiger partial charge in [-0.25, -0.2) is 4.79 Å². The van der Waals surface area contributed by atoms with E-state index < -0.39 is 0 Å². The Balaban J connectivity index is 1.92. The zero-order valence-corrected chi connectivity index (χ0v) is 15.0. The summed E-state index contributed by atoms with van der Waals surface area (Å²) in [6.45, 7) is 5.41. The minimum atomic E-state index is -0.190. The maximum absolute atomic E-state index is 12.4. The molecule has 0 bridgehead atoms. The molecule has 1 aliphatic heterocycles. The lowest BCUT2D eigenvalue weighted by Gasteiger charge is -2.33. The molecule has 8 heteroatoms. The quantitative estimate of drug-likeness (QED) is 0.911. The van der Waals surface area contributed by atoms with Crippen LogP contribution in [0.2, 0.25) is 0 Å². The third-order valence-electron chi connectivity index (χ3n) is 3.73. The van der Waals surface area contributed by atoms with Gasteiger partial charge in [0, 0.05) is 33.6 Å². The highest BCUT2D eigenvalue weighted by molar-refractivity contribution is 7.15. The van der Waals surface area contributed by atoms with Crippen molar-refractivity contribution in [3.8, 4) is 0 Å². The van der Waals surface area contributed by atoms with E-state index in [1.54, 1.807) is 23.9 Å². The van der Waals surface area contributed by atoms with Gasteiger partial charge in [0.05, 0.1) is 5.92 Å². The summed E-state index contributed by atoms with van der Waals surface area (Å²) in [6.07, 6.45) is 2.50. The van der Waals surface area contributed by atoms with Crippen LogP contribution in [0, 0.1) is 11.8 Å². The van der Waals surface area contributed by atoms with Gasteiger partial charge in [-0.1, -0.05) is 25.2 Å². The van der Waals surface area contributed by atoms with Crippen LogP contribution in [0.5, 0.6) is 0 Å². The first kappa shape index (κ1) is 17.7. The van der Waals surface area contributed by atoms with E-state index in [1.165, 1.54) is 11.3 Å². The smallest absolute Gasteiger partial charge is 0.319 e. The van der Waals surface area contributed by atoms with Crippen LogP contribution in [0.4, 0.5) is 9.93 Å². The summed E-state index contributed by atoms with van der Waals surface area (Å²) in [5.41, 5.74) is 0. The van der Waals surface area contributed by atoms with E-state index >= 15 is 0 Å². The summed E-state index contributed by atoms with van der Waals surface area (Å²) >= 11 is 1.42. The number of anilines is 1. The molecule has 1 atom stereocenters. The second-order valence-corrected chi connectivity index (χ2v) is 7.61. The number of likely N-dealkylation sites (tertiary alicyclic amines) is 1. The zero-order chi connectivity index (χ0) is 17.0. The molecular weight excluding hydrogens is 314 g/mol. The number of nitrogens with one attached hydrogen (secondary N) is 1. The van der Waals surface area contributed by atoms with Gasteiger partial charge < -0.3 is 15.1 Å². The normalized spacial score (nSPS) is 18.1. The van der Waals surface area contributed by atoms with Gasteiger partial charge in [-0.3, -0.25) is 4.79 Å². The number of carbonyl (C=O) groups excluding carboxylic acids is 2. The van der Waals surface area contributed by atoms with E-state index in [2.05, 4.69) is 29.4 Å². The van der Waals surface area contributed by atoms with E-state index in [0.29, 0.717) is 24.1 Å². The summed E-state index contributed by atoms with van der Waals surface area (Å²) in [5, 5.41) is 12.5. The molecule has 1 saturated heterocycles. The molecule has 1 unspecified atom stereocenters. The largest absolute Gasteiger partial charge is 0.331 e. The molecule has 0 radical (unpaired) electrons. The van der Waals surface area contributed by atoms with Crippen molar-refractivity contribution in [2.45, 2.75) is 33.1 Å². The average molecular weight is 339 g/mol. The predicted octanol–water partition coefficient (Wildman–Crippen LogP) is 2.07. The minimum Gasteiger partial charge on any atom is -0.331 e. The van der Waals surface area contributed by atoms with Gasteiger partial charge in [0.2, 0.25) is 11.0 Å². The van der Waals surface area contributed by atoms with Gasteiger partial charge in [-0.05, 0) is 18.8 Å². The molecule has 3 amide bonds. The summed E-state index contributed by atoms with van der Waals surface area (Å²) in [6, 6.07) is -0.0439. The Labute approximate surface area is 141 Å². The van der Waals surface area contributed by atoms with E-state index in [0.717, 1.165) is 24.3 Å². The highest BCUT2D eigenvalue weighted by Gasteiger charge is 2.29. The first-order valence-corrected chi connectivity index (χ1v) is 8.78. The molecular formula is C15H25N5O2S. The molecule has 0 saturated carbocycles. The van der Waals surface area contributed by atoms with Crippen molar-refractivity contribution < 1.29 is 9.59 Å². The summed E-state index contributed by atoms with van der Waals surface area (Å²) in [5.74, 6) is 0.244. The first-order valence-electron chi connectivity index (χ1n) is 7.96. The van der Waals surface area contributed by atoms with Crippen molar-refractivity contribution in [2.24, 2.45) is 11.8 Å². The Bertz CT molecular complexity index is 558. The van der Waals surface area contributed by atoms with Crippen LogP contribution in [0.3, 0.4) is 0 Å². The van der Waals surface area contributed by atoms with E-state index in [4.69, 9.17) is 0 Å². The van der Waals surface area contributed by atoms with Gasteiger partial charge in [-0.15, -0.1) is 10.2 Å². The lowest BCUT2D eigenvalue weighted by atomic mass is 9.97. The summed E-state index contributed by atoms with van der Waals surface area (Å²) in [4.78, 5) is 27.7. The number of amides is 3. The van der Waals surface area contributed by atoms with Crippen molar-refractivity contribution in [3.63, 3.8) is 0 Å². The van der Waals surface area contributed by atoms with Gasteiger partial charge in [0.1, 0.15) is 5.01 Å². The van der Waals surface area contributed by atoms with Crippen LogP contribution < -0.4 is 5.32 Å². The molecule has 128 valence electrons. The molecule has 1 aromatic heterocycles. The van der Waals surface area contributed by atoms with Crippen LogP contribution in [0.1, 0.15) is 31.7 Å². The van der Waals surface area contributed by atoms with Crippen molar-refractivity contribution in [3.05, 3.63) is 5.01 Å². The SMILES string of the molecule is CC(C)Cc1nnc(NC(=O)C2CCCN(C(=O)N(C)C)C2)s1. The van der Waals surface area contributed by atoms with E-state index in [9.17, 15) is 9.59 Å². The topological polar surface area (TPSA) is 78.4 Å². The number of urea groups is 1. The van der Waals surface area contributed by atoms with Crippen molar-refractivity contribution in [2.75, 3.05) is 32.5 Å². The van der Waals surface area contributed by atoms with Crippen LogP contribution in [-0.4, -0.2) is 59.1 Å². The maximum atomic E-state index is 12.4. The van der Waals surface area contributed by atoms with Crippen molar-refractivity contribution in [1.82, 2.24) is 20.0 Å². The molecule has 1 aromatic rings. The van der Waals surface area contributed by atoms with E-state index in [1.807, 2.05) is 0 Å². The molecule has 0 spiro atoms. The molecule has 1 fully saturated rings. The summed E-state index contributed by atoms with van der Waals surface area (Å²) < 4.78 is 0. The van der Waals surface area contributed by atoms with Gasteiger partial charge >= 0.3 is 6.03 Å². The minimum absolute atomic E-state index is 0.0439. The maximum Gasteiger partial charge on any atom is 0.319 e. The lowest BCUT2D eigenvalue weighted by molar-refractivity contribution is -0.121. The highest BCUT2D eigenvalue weighted by Crippen LogP contribution is 2.22. The first-order chi connectivity index (χ1) is 10.9. The fourth-order valence-electron chi connectivity index (χ4n) is 2.59. The van der Waals surface area contributed by atoms with Gasteiger partial charge in [-0.2, -0.15) is 0 Å². The average Bonchev–Trinajstić information content (AvgIpc) is 2.92. The number of piperidine rings is 1. The van der Waals surface area contributed by atoms with Crippen molar-refractivity contribution in [1.29, 1.82) is 0 Å². The molecule has 2 heterocycles. The predicted molar refractivity (Wildman–Crippen MR) is 90.5 cm³/mol. The molecule has 1 aliphatic rings. The second-order valence-electron chi connectivity index (χ2n) is 6.55. The van der Waals surface area contributed by atoms with Crippen LogP contribution in [0.15, 0.2) is 0 Å². The zero-order valence-electron chi connectivity index (χ0n) is 14.2. The molecule has 0 aromatic carbocycles. The van der Waals surface area contributed by atoms with Crippen LogP contribution in [-0.2, 0) is 11.2 Å². The Morgan fingerprint density at radius 1 is 1.39 bits per heavy atom. The number of carbonyl (C=O) groups is 2. The Morgan fingerprint density at radius 2 is 2.13 bits per heavy atom. The third kappa shape index (κ3) is 4.89. The number of nitrogens with zero attached hydrogens (tertiary/aromatic N) is 4. The molecule has 0 aliphatic carbocycles. The number of aromatic nitrogens is 2. The third-order valence-corrected chi connectivity index (χ3v) is 4.59. The Kier molecular flexibility index (Phi) is 5.92. The second kappa shape index (κ2) is 7.72. The van der Waals surface area contributed by atoms with Crippen LogP contribution in [0.25, 0.3) is 0 Å². The lowest BCUT2D eigenvalue weighted by Crippen LogP contribution is -2.47. The Hall–Kier alpha value is -1.70. The fourth-order valence-corrected chi connectivity index (χ4v) is 3.55. The molecule has 2 rings (SSSR count).